The Labute approximate surface area is 168 Å². The van der Waals surface area contributed by atoms with E-state index in [1.165, 1.54) is 5.56 Å². The lowest BCUT2D eigenvalue weighted by atomic mass is 9.98. The highest BCUT2D eigenvalue weighted by molar-refractivity contribution is 5.76. The summed E-state index contributed by atoms with van der Waals surface area (Å²) in [5, 5.41) is 8.03. The zero-order valence-electron chi connectivity index (χ0n) is 16.4. The standard InChI is InChI=1S/C22H23N5O2/c1-15(16-8-10-18(29-2)11-9-16)12-13-23-22-25-20-19(21(28)26-22)14-24-27(20)17-6-4-3-5-7-17/h3-11,14-15H,12-13H2,1-2H3,(H2,23,25,26,28). The molecule has 7 nitrogen and oxygen atoms in total. The topological polar surface area (TPSA) is 84.8 Å². The average molecular weight is 389 g/mol. The minimum atomic E-state index is -0.206. The Morgan fingerprint density at radius 2 is 1.90 bits per heavy atom. The molecule has 0 aliphatic rings. The van der Waals surface area contributed by atoms with Crippen molar-refractivity contribution in [1.82, 2.24) is 19.7 Å². The Bertz CT molecular complexity index is 1150. The third-order valence-electron chi connectivity index (χ3n) is 4.99. The van der Waals surface area contributed by atoms with Gasteiger partial charge in [0.15, 0.2) is 5.65 Å². The molecule has 0 fully saturated rings. The molecule has 4 aromatic rings. The van der Waals surface area contributed by atoms with Crippen molar-refractivity contribution in [2.45, 2.75) is 19.3 Å². The number of methoxy groups -OCH3 is 1. The number of nitrogens with zero attached hydrogens (tertiary/aromatic N) is 3. The fraction of sp³-hybridized carbons (Fsp3) is 0.227. The molecule has 1 atom stereocenters. The number of ether oxygens (including phenoxy) is 1. The molecule has 0 amide bonds. The van der Waals surface area contributed by atoms with E-state index in [0.29, 0.717) is 29.4 Å². The molecule has 2 N–H and O–H groups in total. The quantitative estimate of drug-likeness (QED) is 0.503. The molecule has 0 saturated heterocycles. The molecule has 1 unspecified atom stereocenters. The van der Waals surface area contributed by atoms with Gasteiger partial charge in [0.25, 0.3) is 5.56 Å². The maximum atomic E-state index is 12.4. The summed E-state index contributed by atoms with van der Waals surface area (Å²) in [6.07, 6.45) is 2.44. The Hall–Kier alpha value is -3.61. The highest BCUT2D eigenvalue weighted by Gasteiger charge is 2.12. The van der Waals surface area contributed by atoms with Gasteiger partial charge in [-0.2, -0.15) is 10.1 Å². The summed E-state index contributed by atoms with van der Waals surface area (Å²) < 4.78 is 6.88. The first kappa shape index (κ1) is 18.7. The largest absolute Gasteiger partial charge is 0.497 e. The van der Waals surface area contributed by atoms with E-state index < -0.39 is 0 Å². The Kier molecular flexibility index (Phi) is 5.29. The van der Waals surface area contributed by atoms with Crippen LogP contribution < -0.4 is 15.6 Å². The lowest BCUT2D eigenvalue weighted by molar-refractivity contribution is 0.414. The van der Waals surface area contributed by atoms with Crippen LogP contribution in [0.2, 0.25) is 0 Å². The number of para-hydroxylation sites is 1. The summed E-state index contributed by atoms with van der Waals surface area (Å²) in [6.45, 7) is 2.86. The van der Waals surface area contributed by atoms with Gasteiger partial charge in [-0.3, -0.25) is 9.78 Å². The first-order valence-electron chi connectivity index (χ1n) is 9.57. The number of benzene rings is 2. The molecule has 2 heterocycles. The van der Waals surface area contributed by atoms with Crippen molar-refractivity contribution < 1.29 is 4.74 Å². The molecule has 4 rings (SSSR count). The normalized spacial score (nSPS) is 12.1. The summed E-state index contributed by atoms with van der Waals surface area (Å²) in [5.74, 6) is 1.66. The van der Waals surface area contributed by atoms with Gasteiger partial charge in [0.2, 0.25) is 5.95 Å². The van der Waals surface area contributed by atoms with Crippen LogP contribution in [0, 0.1) is 0 Å². The number of rotatable bonds is 7. The molecule has 2 aromatic heterocycles. The van der Waals surface area contributed by atoms with E-state index in [1.54, 1.807) is 18.0 Å². The average Bonchev–Trinajstić information content (AvgIpc) is 3.19. The second-order valence-corrected chi connectivity index (χ2v) is 6.93. The van der Waals surface area contributed by atoms with Gasteiger partial charge in [-0.05, 0) is 42.2 Å². The predicted molar refractivity (Wildman–Crippen MR) is 114 cm³/mol. The number of hydrogen-bond donors (Lipinski definition) is 2. The highest BCUT2D eigenvalue weighted by atomic mass is 16.5. The Morgan fingerprint density at radius 3 is 2.62 bits per heavy atom. The van der Waals surface area contributed by atoms with E-state index in [1.807, 2.05) is 42.5 Å². The third kappa shape index (κ3) is 3.99. The zero-order valence-corrected chi connectivity index (χ0v) is 16.4. The van der Waals surface area contributed by atoms with Gasteiger partial charge < -0.3 is 10.1 Å². The van der Waals surface area contributed by atoms with Crippen LogP contribution in [0.1, 0.15) is 24.8 Å². The van der Waals surface area contributed by atoms with Crippen LogP contribution in [-0.4, -0.2) is 33.4 Å². The lowest BCUT2D eigenvalue weighted by Gasteiger charge is -2.13. The maximum absolute atomic E-state index is 12.4. The molecule has 148 valence electrons. The summed E-state index contributed by atoms with van der Waals surface area (Å²) in [6, 6.07) is 17.7. The van der Waals surface area contributed by atoms with Crippen molar-refractivity contribution in [3.8, 4) is 11.4 Å². The highest BCUT2D eigenvalue weighted by Crippen LogP contribution is 2.22. The number of fused-ring (bicyclic) bond motifs is 1. The molecule has 0 radical (unpaired) electrons. The summed E-state index contributed by atoms with van der Waals surface area (Å²) >= 11 is 0. The minimum absolute atomic E-state index is 0.206. The molecule has 7 heteroatoms. The number of aromatic amines is 1. The van der Waals surface area contributed by atoms with Crippen LogP contribution in [0.5, 0.6) is 5.75 Å². The molecule has 0 aliphatic heterocycles. The van der Waals surface area contributed by atoms with Crippen LogP contribution in [0.4, 0.5) is 5.95 Å². The fourth-order valence-corrected chi connectivity index (χ4v) is 3.27. The fourth-order valence-electron chi connectivity index (χ4n) is 3.27. The van der Waals surface area contributed by atoms with Gasteiger partial charge in [0.05, 0.1) is 19.0 Å². The zero-order chi connectivity index (χ0) is 20.2. The van der Waals surface area contributed by atoms with Crippen molar-refractivity contribution in [3.63, 3.8) is 0 Å². The SMILES string of the molecule is COc1ccc(C(C)CCNc2nc3c(cnn3-c3ccccc3)c(=O)[nH]2)cc1. The summed E-state index contributed by atoms with van der Waals surface area (Å²) in [5.41, 5.74) is 2.43. The van der Waals surface area contributed by atoms with E-state index in [9.17, 15) is 4.79 Å². The van der Waals surface area contributed by atoms with E-state index in [2.05, 4.69) is 39.4 Å². The lowest BCUT2D eigenvalue weighted by Crippen LogP contribution is -2.15. The molecular formula is C22H23N5O2. The minimum Gasteiger partial charge on any atom is -0.497 e. The molecule has 0 saturated carbocycles. The first-order chi connectivity index (χ1) is 14.2. The van der Waals surface area contributed by atoms with Gasteiger partial charge in [0, 0.05) is 6.54 Å². The van der Waals surface area contributed by atoms with Gasteiger partial charge in [-0.1, -0.05) is 37.3 Å². The molecule has 29 heavy (non-hydrogen) atoms. The molecular weight excluding hydrogens is 366 g/mol. The van der Waals surface area contributed by atoms with Crippen molar-refractivity contribution in [2.24, 2.45) is 0 Å². The van der Waals surface area contributed by atoms with Crippen LogP contribution in [0.15, 0.2) is 65.6 Å². The number of H-pyrrole nitrogens is 1. The van der Waals surface area contributed by atoms with Gasteiger partial charge in [-0.25, -0.2) is 4.68 Å². The van der Waals surface area contributed by atoms with Crippen LogP contribution >= 0.6 is 0 Å². The number of hydrogen-bond acceptors (Lipinski definition) is 5. The monoisotopic (exact) mass is 389 g/mol. The van der Waals surface area contributed by atoms with Gasteiger partial charge in [-0.15, -0.1) is 0 Å². The summed E-state index contributed by atoms with van der Waals surface area (Å²) in [7, 11) is 1.66. The van der Waals surface area contributed by atoms with Crippen molar-refractivity contribution in [3.05, 3.63) is 76.7 Å². The van der Waals surface area contributed by atoms with Crippen molar-refractivity contribution in [2.75, 3.05) is 19.0 Å². The van der Waals surface area contributed by atoms with E-state index >= 15 is 0 Å². The second-order valence-electron chi connectivity index (χ2n) is 6.93. The third-order valence-corrected chi connectivity index (χ3v) is 4.99. The van der Waals surface area contributed by atoms with E-state index in [-0.39, 0.29) is 5.56 Å². The van der Waals surface area contributed by atoms with Gasteiger partial charge >= 0.3 is 0 Å². The predicted octanol–water partition coefficient (Wildman–Crippen LogP) is 3.72. The van der Waals surface area contributed by atoms with Crippen molar-refractivity contribution >= 4 is 17.0 Å². The van der Waals surface area contributed by atoms with Crippen LogP contribution in [-0.2, 0) is 0 Å². The molecule has 0 bridgehead atoms. The molecule has 0 aliphatic carbocycles. The van der Waals surface area contributed by atoms with Gasteiger partial charge in [0.1, 0.15) is 11.1 Å². The second kappa shape index (κ2) is 8.18. The van der Waals surface area contributed by atoms with Crippen LogP contribution in [0.25, 0.3) is 16.7 Å². The Morgan fingerprint density at radius 1 is 1.14 bits per heavy atom. The first-order valence-corrected chi connectivity index (χ1v) is 9.57. The number of anilines is 1. The maximum Gasteiger partial charge on any atom is 0.263 e. The van der Waals surface area contributed by atoms with E-state index in [0.717, 1.165) is 17.9 Å². The summed E-state index contributed by atoms with van der Waals surface area (Å²) in [4.78, 5) is 19.8. The van der Waals surface area contributed by atoms with Crippen LogP contribution in [0.3, 0.4) is 0 Å². The smallest absolute Gasteiger partial charge is 0.263 e. The number of aromatic nitrogens is 4. The Balaban J connectivity index is 1.48. The van der Waals surface area contributed by atoms with E-state index in [4.69, 9.17) is 4.74 Å². The molecule has 0 spiro atoms. The molecule has 2 aromatic carbocycles. The van der Waals surface area contributed by atoms with Crippen molar-refractivity contribution in [1.29, 1.82) is 0 Å². The number of nitrogens with one attached hydrogen (secondary N) is 2.